The summed E-state index contributed by atoms with van der Waals surface area (Å²) in [7, 11) is 6.34. The molecule has 0 aromatic heterocycles. The molecule has 2 amide bonds. The number of methoxy groups -OCH3 is 3. The zero-order valence-corrected chi connectivity index (χ0v) is 21.5. The summed E-state index contributed by atoms with van der Waals surface area (Å²) in [6.45, 7) is 1.00. The van der Waals surface area contributed by atoms with Crippen LogP contribution in [0.2, 0.25) is 0 Å². The molecule has 178 valence electrons. The molecule has 2 aromatic rings. The number of carbonyl (C=O) groups is 2. The molecule has 33 heavy (non-hydrogen) atoms. The number of carbonyl (C=O) groups excluding carboxylic acids is 2. The number of hydrogen-bond donors (Lipinski definition) is 2. The van der Waals surface area contributed by atoms with Crippen LogP contribution >= 0.6 is 24.0 Å². The van der Waals surface area contributed by atoms with Crippen molar-refractivity contribution in [3.8, 4) is 17.2 Å². The van der Waals surface area contributed by atoms with Crippen LogP contribution in [0.15, 0.2) is 41.4 Å². The number of ether oxygens (including phenoxy) is 3. The van der Waals surface area contributed by atoms with E-state index in [0.717, 1.165) is 12.1 Å². The van der Waals surface area contributed by atoms with Crippen molar-refractivity contribution in [2.24, 2.45) is 4.99 Å². The Balaban J connectivity index is 0.00000385. The van der Waals surface area contributed by atoms with Crippen molar-refractivity contribution in [2.75, 3.05) is 46.8 Å². The molecule has 10 heteroatoms. The second-order valence-electron chi connectivity index (χ2n) is 7.05. The van der Waals surface area contributed by atoms with E-state index < -0.39 is 0 Å². The second kappa shape index (κ2) is 12.3. The van der Waals surface area contributed by atoms with E-state index in [1.165, 1.54) is 4.90 Å². The van der Waals surface area contributed by atoms with Gasteiger partial charge in [-0.1, -0.05) is 12.1 Å². The van der Waals surface area contributed by atoms with E-state index in [4.69, 9.17) is 14.2 Å². The minimum absolute atomic E-state index is 0. The van der Waals surface area contributed by atoms with Gasteiger partial charge in [-0.3, -0.25) is 19.5 Å². The summed E-state index contributed by atoms with van der Waals surface area (Å²) in [6.07, 6.45) is 1.43. The number of anilines is 1. The SMILES string of the molecule is CN=C(NCCCCN1C(=O)c2ccccc2C1=O)Nc1cc(OC)c(OC)c(OC)c1.I. The molecule has 2 aromatic carbocycles. The average Bonchev–Trinajstić information content (AvgIpc) is 3.07. The van der Waals surface area contributed by atoms with Gasteiger partial charge >= 0.3 is 0 Å². The fourth-order valence-electron chi connectivity index (χ4n) is 3.51. The van der Waals surface area contributed by atoms with E-state index in [0.29, 0.717) is 53.8 Å². The van der Waals surface area contributed by atoms with Gasteiger partial charge in [0.2, 0.25) is 5.75 Å². The summed E-state index contributed by atoms with van der Waals surface area (Å²) in [5, 5.41) is 6.42. The number of unbranched alkanes of at least 4 members (excludes halogenated alkanes) is 1. The molecule has 0 radical (unpaired) electrons. The average molecular weight is 568 g/mol. The molecule has 0 unspecified atom stereocenters. The smallest absolute Gasteiger partial charge is 0.261 e. The molecule has 0 bridgehead atoms. The minimum Gasteiger partial charge on any atom is -0.493 e. The van der Waals surface area contributed by atoms with Crippen LogP contribution in [-0.2, 0) is 0 Å². The van der Waals surface area contributed by atoms with Crippen LogP contribution in [0.3, 0.4) is 0 Å². The van der Waals surface area contributed by atoms with Crippen LogP contribution in [0.5, 0.6) is 17.2 Å². The Morgan fingerprint density at radius 1 is 0.939 bits per heavy atom. The van der Waals surface area contributed by atoms with Crippen molar-refractivity contribution < 1.29 is 23.8 Å². The van der Waals surface area contributed by atoms with Gasteiger partial charge in [-0.15, -0.1) is 24.0 Å². The third-order valence-corrected chi connectivity index (χ3v) is 5.13. The molecule has 0 saturated carbocycles. The number of guanidine groups is 1. The molecule has 0 saturated heterocycles. The minimum atomic E-state index is -0.224. The first kappa shape index (κ1) is 26.2. The topological polar surface area (TPSA) is 101 Å². The Morgan fingerprint density at radius 2 is 1.52 bits per heavy atom. The first-order valence-electron chi connectivity index (χ1n) is 10.3. The van der Waals surface area contributed by atoms with Crippen molar-refractivity contribution >= 4 is 47.4 Å². The zero-order chi connectivity index (χ0) is 23.1. The number of hydrogen-bond acceptors (Lipinski definition) is 6. The van der Waals surface area contributed by atoms with Crippen LogP contribution in [0, 0.1) is 0 Å². The van der Waals surface area contributed by atoms with E-state index in [2.05, 4.69) is 15.6 Å². The van der Waals surface area contributed by atoms with E-state index in [1.807, 2.05) is 0 Å². The standard InChI is InChI=1S/C23H28N4O5.HI/c1-24-23(26-15-13-18(30-2)20(32-4)19(14-15)31-3)25-11-7-8-12-27-21(28)16-9-5-6-10-17(16)22(27)29;/h5-6,9-10,13-14H,7-8,11-12H2,1-4H3,(H2,24,25,26);1H. The molecular weight excluding hydrogens is 539 g/mol. The highest BCUT2D eigenvalue weighted by Crippen LogP contribution is 2.39. The van der Waals surface area contributed by atoms with Gasteiger partial charge in [0.05, 0.1) is 32.5 Å². The van der Waals surface area contributed by atoms with Gasteiger partial charge < -0.3 is 24.8 Å². The molecule has 1 aliphatic heterocycles. The molecule has 2 N–H and O–H groups in total. The molecular formula is C23H29IN4O5. The fraction of sp³-hybridized carbons (Fsp3) is 0.348. The van der Waals surface area contributed by atoms with Gasteiger partial charge in [0.25, 0.3) is 11.8 Å². The van der Waals surface area contributed by atoms with Gasteiger partial charge in [0.1, 0.15) is 0 Å². The van der Waals surface area contributed by atoms with Gasteiger partial charge in [-0.05, 0) is 25.0 Å². The first-order chi connectivity index (χ1) is 15.5. The van der Waals surface area contributed by atoms with E-state index in [1.54, 1.807) is 64.8 Å². The number of fused-ring (bicyclic) bond motifs is 1. The zero-order valence-electron chi connectivity index (χ0n) is 19.1. The number of nitrogens with one attached hydrogen (secondary N) is 2. The number of rotatable bonds is 9. The number of nitrogens with zero attached hydrogens (tertiary/aromatic N) is 2. The van der Waals surface area contributed by atoms with Gasteiger partial charge in [-0.25, -0.2) is 0 Å². The summed E-state index contributed by atoms with van der Waals surface area (Å²) in [4.78, 5) is 30.4. The van der Waals surface area contributed by atoms with Crippen molar-refractivity contribution in [3.05, 3.63) is 47.5 Å². The van der Waals surface area contributed by atoms with Crippen molar-refractivity contribution in [2.45, 2.75) is 12.8 Å². The van der Waals surface area contributed by atoms with Crippen LogP contribution in [-0.4, -0.2) is 64.1 Å². The highest BCUT2D eigenvalue weighted by Gasteiger charge is 2.34. The number of halogens is 1. The quantitative estimate of drug-likeness (QED) is 0.157. The van der Waals surface area contributed by atoms with E-state index in [-0.39, 0.29) is 35.8 Å². The Bertz CT molecular complexity index is 968. The van der Waals surface area contributed by atoms with Crippen LogP contribution < -0.4 is 24.8 Å². The number of amides is 2. The fourth-order valence-corrected chi connectivity index (χ4v) is 3.51. The molecule has 0 fully saturated rings. The Morgan fingerprint density at radius 3 is 2.00 bits per heavy atom. The highest BCUT2D eigenvalue weighted by molar-refractivity contribution is 14.0. The maximum absolute atomic E-state index is 12.4. The molecule has 3 rings (SSSR count). The maximum atomic E-state index is 12.4. The largest absolute Gasteiger partial charge is 0.493 e. The molecule has 1 aliphatic rings. The molecule has 1 heterocycles. The van der Waals surface area contributed by atoms with Crippen LogP contribution in [0.25, 0.3) is 0 Å². The second-order valence-corrected chi connectivity index (χ2v) is 7.05. The lowest BCUT2D eigenvalue weighted by Gasteiger charge is -2.17. The van der Waals surface area contributed by atoms with Crippen molar-refractivity contribution in [3.63, 3.8) is 0 Å². The highest BCUT2D eigenvalue weighted by atomic mass is 127. The van der Waals surface area contributed by atoms with Gasteiger partial charge in [-0.2, -0.15) is 0 Å². The lowest BCUT2D eigenvalue weighted by molar-refractivity contribution is 0.0652. The molecule has 9 nitrogen and oxygen atoms in total. The first-order valence-corrected chi connectivity index (χ1v) is 10.3. The predicted molar refractivity (Wildman–Crippen MR) is 138 cm³/mol. The third kappa shape index (κ3) is 5.86. The van der Waals surface area contributed by atoms with Gasteiger partial charge in [0.15, 0.2) is 17.5 Å². The number of aliphatic imine (C=N–C) groups is 1. The lowest BCUT2D eigenvalue weighted by Crippen LogP contribution is -2.33. The third-order valence-electron chi connectivity index (χ3n) is 5.13. The monoisotopic (exact) mass is 568 g/mol. The summed E-state index contributed by atoms with van der Waals surface area (Å²) < 4.78 is 16.1. The summed E-state index contributed by atoms with van der Waals surface area (Å²) in [5.41, 5.74) is 1.68. The Hall–Kier alpha value is -3.02. The number of benzene rings is 2. The van der Waals surface area contributed by atoms with Crippen LogP contribution in [0.4, 0.5) is 5.69 Å². The van der Waals surface area contributed by atoms with Gasteiger partial charge in [0, 0.05) is 38.0 Å². The van der Waals surface area contributed by atoms with Crippen molar-refractivity contribution in [1.82, 2.24) is 10.2 Å². The molecule has 0 spiro atoms. The molecule has 0 atom stereocenters. The van der Waals surface area contributed by atoms with Crippen LogP contribution in [0.1, 0.15) is 33.6 Å². The van der Waals surface area contributed by atoms with E-state index >= 15 is 0 Å². The normalized spacial score (nSPS) is 12.7. The number of imide groups is 1. The Kier molecular flexibility index (Phi) is 9.76. The lowest BCUT2D eigenvalue weighted by atomic mass is 10.1. The van der Waals surface area contributed by atoms with E-state index in [9.17, 15) is 9.59 Å². The predicted octanol–water partition coefficient (Wildman–Crippen LogP) is 3.39. The summed E-state index contributed by atoms with van der Waals surface area (Å²) in [6, 6.07) is 10.5. The summed E-state index contributed by atoms with van der Waals surface area (Å²) in [5.74, 6) is 1.70. The maximum Gasteiger partial charge on any atom is 0.261 e. The Labute approximate surface area is 210 Å². The molecule has 0 aliphatic carbocycles. The summed E-state index contributed by atoms with van der Waals surface area (Å²) >= 11 is 0. The van der Waals surface area contributed by atoms with Crippen molar-refractivity contribution in [1.29, 1.82) is 0 Å².